The minimum atomic E-state index is 0.202. The third-order valence-corrected chi connectivity index (χ3v) is 3.58. The molecule has 2 heteroatoms. The zero-order valence-electron chi connectivity index (χ0n) is 10.5. The molecule has 1 aliphatic carbocycles. The molecule has 2 nitrogen and oxygen atoms in total. The van der Waals surface area contributed by atoms with E-state index in [0.29, 0.717) is 18.4 Å². The quantitative estimate of drug-likeness (QED) is 0.846. The number of nitrogens with one attached hydrogen (secondary N) is 1. The molecule has 0 aliphatic heterocycles. The molecular formula is C15H21NO. The van der Waals surface area contributed by atoms with Crippen molar-refractivity contribution in [1.29, 1.82) is 0 Å². The molecule has 1 saturated carbocycles. The van der Waals surface area contributed by atoms with Crippen molar-refractivity contribution < 1.29 is 4.79 Å². The predicted octanol–water partition coefficient (Wildman–Crippen LogP) is 3.24. The van der Waals surface area contributed by atoms with Crippen LogP contribution in [0.15, 0.2) is 30.3 Å². The number of hydrogen-bond donors (Lipinski definition) is 1. The smallest absolute Gasteiger partial charge is 0.220 e. The summed E-state index contributed by atoms with van der Waals surface area (Å²) in [5.74, 6) is 0.505. The van der Waals surface area contributed by atoms with Crippen molar-refractivity contribution in [3.63, 3.8) is 0 Å². The minimum Gasteiger partial charge on any atom is -0.353 e. The lowest BCUT2D eigenvalue weighted by Crippen LogP contribution is -2.33. The van der Waals surface area contributed by atoms with Gasteiger partial charge in [0.1, 0.15) is 0 Å². The highest BCUT2D eigenvalue weighted by Gasteiger charge is 2.18. The van der Waals surface area contributed by atoms with Gasteiger partial charge < -0.3 is 5.32 Å². The van der Waals surface area contributed by atoms with Gasteiger partial charge in [-0.15, -0.1) is 0 Å². The van der Waals surface area contributed by atoms with Crippen LogP contribution in [0, 0.1) is 0 Å². The van der Waals surface area contributed by atoms with E-state index < -0.39 is 0 Å². The van der Waals surface area contributed by atoms with Gasteiger partial charge in [-0.1, -0.05) is 50.1 Å². The number of hydrogen-bond acceptors (Lipinski definition) is 1. The standard InChI is InChI=1S/C15H21NO/c1-12(13-7-3-2-4-8-13)11-15(17)16-14-9-5-6-10-14/h2-4,7-8,12,14H,5-6,9-11H2,1H3,(H,16,17)/t12-/m0/s1. The van der Waals surface area contributed by atoms with E-state index in [-0.39, 0.29) is 5.91 Å². The van der Waals surface area contributed by atoms with E-state index in [0.717, 1.165) is 12.8 Å². The number of amides is 1. The molecule has 0 spiro atoms. The Morgan fingerprint density at radius 2 is 1.94 bits per heavy atom. The zero-order valence-corrected chi connectivity index (χ0v) is 10.5. The van der Waals surface area contributed by atoms with Crippen molar-refractivity contribution in [2.24, 2.45) is 0 Å². The highest BCUT2D eigenvalue weighted by molar-refractivity contribution is 5.77. The summed E-state index contributed by atoms with van der Waals surface area (Å²) >= 11 is 0. The third kappa shape index (κ3) is 3.58. The fraction of sp³-hybridized carbons (Fsp3) is 0.533. The normalized spacial score (nSPS) is 17.9. The lowest BCUT2D eigenvalue weighted by molar-refractivity contribution is -0.122. The monoisotopic (exact) mass is 231 g/mol. The molecule has 1 atom stereocenters. The van der Waals surface area contributed by atoms with Gasteiger partial charge >= 0.3 is 0 Å². The summed E-state index contributed by atoms with van der Waals surface area (Å²) in [6.07, 6.45) is 5.44. The van der Waals surface area contributed by atoms with Crippen LogP contribution >= 0.6 is 0 Å². The van der Waals surface area contributed by atoms with E-state index >= 15 is 0 Å². The molecule has 0 unspecified atom stereocenters. The molecule has 2 rings (SSSR count). The van der Waals surface area contributed by atoms with Crippen molar-refractivity contribution in [1.82, 2.24) is 5.32 Å². The number of carbonyl (C=O) groups is 1. The molecule has 1 aliphatic rings. The van der Waals surface area contributed by atoms with Gasteiger partial charge in [-0.05, 0) is 24.3 Å². The summed E-state index contributed by atoms with van der Waals surface area (Å²) in [7, 11) is 0. The van der Waals surface area contributed by atoms with Crippen LogP contribution < -0.4 is 5.32 Å². The second kappa shape index (κ2) is 5.85. The topological polar surface area (TPSA) is 29.1 Å². The molecule has 17 heavy (non-hydrogen) atoms. The van der Waals surface area contributed by atoms with Crippen molar-refractivity contribution in [2.75, 3.05) is 0 Å². The third-order valence-electron chi connectivity index (χ3n) is 3.58. The first-order valence-corrected chi connectivity index (χ1v) is 6.60. The van der Waals surface area contributed by atoms with Gasteiger partial charge in [0.25, 0.3) is 0 Å². The maximum atomic E-state index is 11.9. The Bertz CT molecular complexity index is 354. The Morgan fingerprint density at radius 1 is 1.29 bits per heavy atom. The fourth-order valence-corrected chi connectivity index (χ4v) is 2.53. The van der Waals surface area contributed by atoms with Crippen LogP contribution in [0.25, 0.3) is 0 Å². The van der Waals surface area contributed by atoms with E-state index in [2.05, 4.69) is 24.4 Å². The largest absolute Gasteiger partial charge is 0.353 e. The van der Waals surface area contributed by atoms with Crippen molar-refractivity contribution in [3.05, 3.63) is 35.9 Å². The molecule has 1 N–H and O–H groups in total. The maximum Gasteiger partial charge on any atom is 0.220 e. The molecule has 0 radical (unpaired) electrons. The predicted molar refractivity (Wildman–Crippen MR) is 69.9 cm³/mol. The average molecular weight is 231 g/mol. The van der Waals surface area contributed by atoms with Gasteiger partial charge in [0.2, 0.25) is 5.91 Å². The first-order chi connectivity index (χ1) is 8.25. The summed E-state index contributed by atoms with van der Waals surface area (Å²) in [4.78, 5) is 11.9. The Balaban J connectivity index is 1.81. The van der Waals surface area contributed by atoms with Crippen molar-refractivity contribution in [2.45, 2.75) is 51.0 Å². The lowest BCUT2D eigenvalue weighted by Gasteiger charge is -2.15. The second-order valence-electron chi connectivity index (χ2n) is 5.06. The minimum absolute atomic E-state index is 0.202. The summed E-state index contributed by atoms with van der Waals surface area (Å²) in [5.41, 5.74) is 1.24. The van der Waals surface area contributed by atoms with Crippen molar-refractivity contribution >= 4 is 5.91 Å². The summed E-state index contributed by atoms with van der Waals surface area (Å²) in [6.45, 7) is 2.11. The van der Waals surface area contributed by atoms with E-state index in [1.165, 1.54) is 18.4 Å². The maximum absolute atomic E-state index is 11.9. The molecule has 1 fully saturated rings. The van der Waals surface area contributed by atoms with Gasteiger partial charge in [0.15, 0.2) is 0 Å². The molecule has 0 heterocycles. The summed E-state index contributed by atoms with van der Waals surface area (Å²) in [6, 6.07) is 10.7. The van der Waals surface area contributed by atoms with Gasteiger partial charge in [-0.3, -0.25) is 4.79 Å². The lowest BCUT2D eigenvalue weighted by atomic mass is 9.97. The molecule has 0 saturated heterocycles. The van der Waals surface area contributed by atoms with Crippen molar-refractivity contribution in [3.8, 4) is 0 Å². The number of carbonyl (C=O) groups excluding carboxylic acids is 1. The molecular weight excluding hydrogens is 210 g/mol. The Labute approximate surface area is 103 Å². The van der Waals surface area contributed by atoms with E-state index in [9.17, 15) is 4.79 Å². The Kier molecular flexibility index (Phi) is 4.18. The average Bonchev–Trinajstić information content (AvgIpc) is 2.82. The zero-order chi connectivity index (χ0) is 12.1. The first-order valence-electron chi connectivity index (χ1n) is 6.60. The first kappa shape index (κ1) is 12.2. The SMILES string of the molecule is C[C@@H](CC(=O)NC1CCCC1)c1ccccc1. The van der Waals surface area contributed by atoms with Crippen LogP contribution in [0.1, 0.15) is 50.5 Å². The van der Waals surface area contributed by atoms with Gasteiger partial charge in [-0.2, -0.15) is 0 Å². The number of benzene rings is 1. The highest BCUT2D eigenvalue weighted by atomic mass is 16.1. The molecule has 0 bridgehead atoms. The van der Waals surface area contributed by atoms with E-state index in [4.69, 9.17) is 0 Å². The van der Waals surface area contributed by atoms with Gasteiger partial charge in [-0.25, -0.2) is 0 Å². The molecule has 1 aromatic carbocycles. The molecule has 92 valence electrons. The van der Waals surface area contributed by atoms with Crippen LogP contribution in [-0.2, 0) is 4.79 Å². The van der Waals surface area contributed by atoms with Crippen LogP contribution in [0.4, 0.5) is 0 Å². The van der Waals surface area contributed by atoms with E-state index in [1.54, 1.807) is 0 Å². The van der Waals surface area contributed by atoms with Gasteiger partial charge in [0.05, 0.1) is 0 Å². The fourth-order valence-electron chi connectivity index (χ4n) is 2.53. The number of rotatable bonds is 4. The van der Waals surface area contributed by atoms with Crippen LogP contribution in [0.3, 0.4) is 0 Å². The van der Waals surface area contributed by atoms with Crippen LogP contribution in [0.5, 0.6) is 0 Å². The molecule has 1 amide bonds. The summed E-state index contributed by atoms with van der Waals surface area (Å²) in [5, 5.41) is 3.14. The second-order valence-corrected chi connectivity index (χ2v) is 5.06. The van der Waals surface area contributed by atoms with Crippen LogP contribution in [0.2, 0.25) is 0 Å². The van der Waals surface area contributed by atoms with Crippen LogP contribution in [-0.4, -0.2) is 11.9 Å². The molecule has 0 aromatic heterocycles. The van der Waals surface area contributed by atoms with E-state index in [1.807, 2.05) is 18.2 Å². The molecule has 1 aromatic rings. The van der Waals surface area contributed by atoms with Gasteiger partial charge in [0, 0.05) is 12.5 Å². The Hall–Kier alpha value is -1.31. The highest BCUT2D eigenvalue weighted by Crippen LogP contribution is 2.20. The Morgan fingerprint density at radius 3 is 2.59 bits per heavy atom. The summed E-state index contributed by atoms with van der Waals surface area (Å²) < 4.78 is 0.